The Morgan fingerprint density at radius 1 is 0.905 bits per heavy atom. The van der Waals surface area contributed by atoms with Crippen LogP contribution in [0.5, 0.6) is 0 Å². The molecule has 8 heteroatoms. The summed E-state index contributed by atoms with van der Waals surface area (Å²) >= 11 is 10.4. The molecule has 0 unspecified atom stereocenters. The van der Waals surface area contributed by atoms with Gasteiger partial charge in [-0.1, -0.05) is 24.4 Å². The van der Waals surface area contributed by atoms with E-state index in [2.05, 4.69) is 10.2 Å². The predicted octanol–water partition coefficient (Wildman–Crippen LogP) is 0.0625. The highest BCUT2D eigenvalue weighted by Crippen LogP contribution is 2.32. The normalized spacial score (nSPS) is 19.3. The van der Waals surface area contributed by atoms with E-state index in [0.717, 1.165) is 25.7 Å². The molecule has 0 aromatic carbocycles. The van der Waals surface area contributed by atoms with Crippen molar-refractivity contribution < 1.29 is 10.2 Å². The average molecular weight is 326 g/mol. The molecule has 116 valence electrons. The zero-order chi connectivity index (χ0) is 15.6. The van der Waals surface area contributed by atoms with Crippen LogP contribution in [-0.4, -0.2) is 45.9 Å². The van der Waals surface area contributed by atoms with E-state index in [9.17, 15) is 10.2 Å². The highest BCUT2D eigenvalue weighted by molar-refractivity contribution is 7.80. The maximum Gasteiger partial charge on any atom is 0.102 e. The van der Waals surface area contributed by atoms with Crippen LogP contribution >= 0.6 is 24.4 Å². The van der Waals surface area contributed by atoms with E-state index in [4.69, 9.17) is 24.4 Å². The van der Waals surface area contributed by atoms with Crippen molar-refractivity contribution in [2.45, 2.75) is 32.1 Å². The summed E-state index contributed by atoms with van der Waals surface area (Å²) in [6.07, 6.45) is 3.82. The Balaban J connectivity index is 1.86. The molecule has 2 rings (SSSR count). The van der Waals surface area contributed by atoms with Crippen molar-refractivity contribution in [1.29, 1.82) is 0 Å². The number of nitrogens with zero attached hydrogens (tertiary/aromatic N) is 4. The van der Waals surface area contributed by atoms with Gasteiger partial charge in [0, 0.05) is 32.4 Å². The third-order valence-electron chi connectivity index (χ3n) is 3.32. The van der Waals surface area contributed by atoms with Crippen molar-refractivity contribution in [2.75, 3.05) is 14.1 Å². The molecule has 0 atom stereocenters. The van der Waals surface area contributed by atoms with Crippen molar-refractivity contribution >= 4 is 46.2 Å². The van der Waals surface area contributed by atoms with Gasteiger partial charge in [-0.2, -0.15) is 10.2 Å². The van der Waals surface area contributed by atoms with Gasteiger partial charge in [-0.25, -0.2) is 0 Å². The van der Waals surface area contributed by atoms with Crippen LogP contribution in [0, 0.1) is 11.8 Å². The number of hydrazone groups is 2. The molecule has 0 aromatic rings. The number of rotatable bonds is 6. The van der Waals surface area contributed by atoms with Crippen molar-refractivity contribution in [2.24, 2.45) is 22.0 Å². The molecular formula is C13H18N4O2S2-2. The first-order valence-corrected chi connectivity index (χ1v) is 7.74. The maximum absolute atomic E-state index is 11.7. The fourth-order valence-corrected chi connectivity index (χ4v) is 2.38. The van der Waals surface area contributed by atoms with Crippen molar-refractivity contribution in [3.05, 3.63) is 0 Å². The van der Waals surface area contributed by atoms with E-state index >= 15 is 0 Å². The summed E-state index contributed by atoms with van der Waals surface area (Å²) in [6, 6.07) is 0. The number of hydrogen-bond acceptors (Lipinski definition) is 6. The van der Waals surface area contributed by atoms with Gasteiger partial charge in [-0.15, -0.1) is 0 Å². The third kappa shape index (κ3) is 4.89. The summed E-state index contributed by atoms with van der Waals surface area (Å²) in [4.78, 5) is 1.31. The molecule has 6 nitrogen and oxygen atoms in total. The van der Waals surface area contributed by atoms with Gasteiger partial charge in [0.2, 0.25) is 0 Å². The largest absolute Gasteiger partial charge is 0.860 e. The van der Waals surface area contributed by atoms with Crippen LogP contribution in [0.3, 0.4) is 0 Å². The van der Waals surface area contributed by atoms with Gasteiger partial charge < -0.3 is 10.2 Å². The molecule has 0 radical (unpaired) electrons. The van der Waals surface area contributed by atoms with Gasteiger partial charge in [0.05, 0.1) is 0 Å². The lowest BCUT2D eigenvalue weighted by molar-refractivity contribution is -0.234. The van der Waals surface area contributed by atoms with Gasteiger partial charge in [0.25, 0.3) is 0 Å². The topological polar surface area (TPSA) is 77.3 Å². The van der Waals surface area contributed by atoms with E-state index in [1.807, 2.05) is 0 Å². The SMILES string of the molecule is CN(/N=C(\[O-])C/C([O-])=N/N(C)C(=S)C1CC1)C(=S)C1CC1. The Morgan fingerprint density at radius 2 is 1.24 bits per heavy atom. The molecule has 0 amide bonds. The molecule has 2 aliphatic carbocycles. The molecule has 2 saturated carbocycles. The lowest BCUT2D eigenvalue weighted by Gasteiger charge is -2.23. The Hall–Kier alpha value is -1.28. The molecule has 21 heavy (non-hydrogen) atoms. The molecule has 0 aliphatic heterocycles. The fraction of sp³-hybridized carbons (Fsp3) is 0.692. The van der Waals surface area contributed by atoms with Crippen LogP contribution in [0.2, 0.25) is 0 Å². The summed E-state index contributed by atoms with van der Waals surface area (Å²) in [5, 5.41) is 33.8. The minimum Gasteiger partial charge on any atom is -0.860 e. The molecule has 0 spiro atoms. The van der Waals surface area contributed by atoms with Crippen LogP contribution in [0.1, 0.15) is 32.1 Å². The minimum absolute atomic E-state index is 0.351. The first kappa shape index (κ1) is 16.1. The van der Waals surface area contributed by atoms with Gasteiger partial charge >= 0.3 is 0 Å². The average Bonchev–Trinajstić information content (AvgIpc) is 3.29. The smallest absolute Gasteiger partial charge is 0.102 e. The van der Waals surface area contributed by atoms with Gasteiger partial charge in [0.15, 0.2) is 0 Å². The standard InChI is InChI=1S/C13H20N4O2S2/c1-16(12(20)8-3-4-8)14-10(18)7-11(19)15-17(2)13(21)9-5-6-9/h8-9H,3-7H2,1-2H3,(H,14,18)(H,15,19)/p-2. The van der Waals surface area contributed by atoms with E-state index < -0.39 is 11.8 Å². The van der Waals surface area contributed by atoms with Crippen molar-refractivity contribution in [1.82, 2.24) is 10.0 Å². The zero-order valence-electron chi connectivity index (χ0n) is 12.1. The Kier molecular flexibility index (Phi) is 5.10. The van der Waals surface area contributed by atoms with Gasteiger partial charge in [-0.05, 0) is 37.5 Å². The quantitative estimate of drug-likeness (QED) is 0.297. The summed E-state index contributed by atoms with van der Waals surface area (Å²) in [6.45, 7) is 0. The molecule has 0 heterocycles. The highest BCUT2D eigenvalue weighted by Gasteiger charge is 2.29. The summed E-state index contributed by atoms with van der Waals surface area (Å²) in [7, 11) is 3.27. The lowest BCUT2D eigenvalue weighted by Crippen LogP contribution is -2.34. The summed E-state index contributed by atoms with van der Waals surface area (Å²) < 4.78 is 0. The molecule has 0 aromatic heterocycles. The zero-order valence-corrected chi connectivity index (χ0v) is 13.7. The summed E-state index contributed by atoms with van der Waals surface area (Å²) in [5.41, 5.74) is 0. The number of hydrogen-bond donors (Lipinski definition) is 0. The number of thiocarbonyl (C=S) groups is 2. The Labute approximate surface area is 135 Å². The minimum atomic E-state index is -0.542. The van der Waals surface area contributed by atoms with Gasteiger partial charge in [0.1, 0.15) is 9.98 Å². The monoisotopic (exact) mass is 326 g/mol. The van der Waals surface area contributed by atoms with Crippen LogP contribution in [0.4, 0.5) is 0 Å². The Bertz CT molecular complexity index is 454. The first-order chi connectivity index (χ1) is 9.88. The summed E-state index contributed by atoms with van der Waals surface area (Å²) in [5.74, 6) is -0.382. The highest BCUT2D eigenvalue weighted by atomic mass is 32.1. The molecule has 0 saturated heterocycles. The fourth-order valence-electron chi connectivity index (χ4n) is 1.82. The second-order valence-corrected chi connectivity index (χ2v) is 6.27. The lowest BCUT2D eigenvalue weighted by atomic mass is 10.4. The van der Waals surface area contributed by atoms with E-state index in [0.29, 0.717) is 21.8 Å². The van der Waals surface area contributed by atoms with Crippen molar-refractivity contribution in [3.8, 4) is 0 Å². The van der Waals surface area contributed by atoms with Crippen LogP contribution in [-0.2, 0) is 0 Å². The molecule has 0 N–H and O–H groups in total. The third-order valence-corrected chi connectivity index (χ3v) is 4.51. The molecule has 2 aliphatic rings. The Morgan fingerprint density at radius 3 is 1.52 bits per heavy atom. The maximum atomic E-state index is 11.7. The van der Waals surface area contributed by atoms with Crippen LogP contribution < -0.4 is 10.2 Å². The first-order valence-electron chi connectivity index (χ1n) is 6.92. The van der Waals surface area contributed by atoms with Crippen LogP contribution in [0.15, 0.2) is 10.2 Å². The molecule has 2 fully saturated rings. The van der Waals surface area contributed by atoms with E-state index in [1.165, 1.54) is 10.0 Å². The van der Waals surface area contributed by atoms with E-state index in [1.54, 1.807) is 14.1 Å². The van der Waals surface area contributed by atoms with Gasteiger partial charge in [-0.3, -0.25) is 10.0 Å². The van der Waals surface area contributed by atoms with E-state index in [-0.39, 0.29) is 6.42 Å². The van der Waals surface area contributed by atoms with Crippen LogP contribution in [0.25, 0.3) is 0 Å². The molecular weight excluding hydrogens is 308 g/mol. The second-order valence-electron chi connectivity index (χ2n) is 5.44. The van der Waals surface area contributed by atoms with Crippen molar-refractivity contribution in [3.63, 3.8) is 0 Å². The predicted molar refractivity (Wildman–Crippen MR) is 85.7 cm³/mol. The second kappa shape index (κ2) is 6.65. The molecule has 0 bridgehead atoms.